The summed E-state index contributed by atoms with van der Waals surface area (Å²) in [6.07, 6.45) is 0. The first-order valence-corrected chi connectivity index (χ1v) is 5.79. The third-order valence-corrected chi connectivity index (χ3v) is 3.39. The van der Waals surface area contributed by atoms with Crippen LogP contribution in [0.3, 0.4) is 0 Å². The molecular weight excluding hydrogens is 229 g/mol. The van der Waals surface area contributed by atoms with E-state index in [0.29, 0.717) is 0 Å². The molecule has 0 heterocycles. The molecule has 0 radical (unpaired) electrons. The second-order valence-corrected chi connectivity index (χ2v) is 4.70. The van der Waals surface area contributed by atoms with E-state index in [1.54, 1.807) is 6.92 Å². The predicted octanol–water partition coefficient (Wildman–Crippen LogP) is 1.78. The molecule has 1 aromatic carbocycles. The van der Waals surface area contributed by atoms with Crippen molar-refractivity contribution in [3.05, 3.63) is 29.0 Å². The number of nitrogens with one attached hydrogen (secondary N) is 1. The summed E-state index contributed by atoms with van der Waals surface area (Å²) in [5.41, 5.74) is 0. The Morgan fingerprint density at radius 1 is 1.50 bits per heavy atom. The molecule has 6 heteroatoms. The highest BCUT2D eigenvalue weighted by atomic mass is 35.5. The summed E-state index contributed by atoms with van der Waals surface area (Å²) < 4.78 is 38.2. The highest BCUT2D eigenvalue weighted by molar-refractivity contribution is 7.89. The van der Waals surface area contributed by atoms with Gasteiger partial charge in [-0.3, -0.25) is 0 Å². The van der Waals surface area contributed by atoms with Gasteiger partial charge < -0.3 is 0 Å². The first-order chi connectivity index (χ1) is 6.49. The first-order valence-electron chi connectivity index (χ1n) is 3.92. The largest absolute Gasteiger partial charge is 0.243 e. The van der Waals surface area contributed by atoms with Gasteiger partial charge in [-0.1, -0.05) is 24.6 Å². The molecule has 1 N–H and O–H groups in total. The molecule has 0 amide bonds. The maximum Gasteiger partial charge on any atom is 0.243 e. The fraction of sp³-hybridized carbons (Fsp3) is 0.250. The maximum atomic E-state index is 13.3. The van der Waals surface area contributed by atoms with Gasteiger partial charge >= 0.3 is 0 Å². The number of hydrogen-bond acceptors (Lipinski definition) is 2. The molecule has 0 aliphatic heterocycles. The molecule has 0 aromatic heterocycles. The molecule has 14 heavy (non-hydrogen) atoms. The van der Waals surface area contributed by atoms with Crippen LogP contribution in [0.5, 0.6) is 0 Å². The van der Waals surface area contributed by atoms with Crippen LogP contribution in [0.1, 0.15) is 6.92 Å². The molecule has 1 rings (SSSR count). The summed E-state index contributed by atoms with van der Waals surface area (Å²) >= 11 is 5.45. The average Bonchev–Trinajstić information content (AvgIpc) is 2.09. The standard InChI is InChI=1S/C8H9ClFNO2S/c1-2-11-14(12,13)7-5-3-4-6(9)8(7)10/h3-5,11H,2H2,1H3. The minimum atomic E-state index is -3.77. The number of halogens is 2. The van der Waals surface area contributed by atoms with Gasteiger partial charge in [0.1, 0.15) is 4.90 Å². The van der Waals surface area contributed by atoms with Gasteiger partial charge in [0.05, 0.1) is 5.02 Å². The van der Waals surface area contributed by atoms with E-state index >= 15 is 0 Å². The molecule has 0 saturated heterocycles. The third-order valence-electron chi connectivity index (χ3n) is 1.54. The van der Waals surface area contributed by atoms with Crippen molar-refractivity contribution in [3.8, 4) is 0 Å². The van der Waals surface area contributed by atoms with Gasteiger partial charge in [-0.2, -0.15) is 0 Å². The van der Waals surface area contributed by atoms with Crippen molar-refractivity contribution < 1.29 is 12.8 Å². The van der Waals surface area contributed by atoms with E-state index in [1.807, 2.05) is 0 Å². The van der Waals surface area contributed by atoms with Gasteiger partial charge in [0.15, 0.2) is 5.82 Å². The fourth-order valence-corrected chi connectivity index (χ4v) is 2.33. The molecule has 0 unspecified atom stereocenters. The Bertz CT molecular complexity index is 433. The van der Waals surface area contributed by atoms with E-state index in [4.69, 9.17) is 11.6 Å². The van der Waals surface area contributed by atoms with Crippen LogP contribution in [0.2, 0.25) is 5.02 Å². The van der Waals surface area contributed by atoms with Crippen LogP contribution in [0.15, 0.2) is 23.1 Å². The van der Waals surface area contributed by atoms with Crippen LogP contribution in [-0.4, -0.2) is 15.0 Å². The molecule has 3 nitrogen and oxygen atoms in total. The van der Waals surface area contributed by atoms with Gasteiger partial charge in [-0.05, 0) is 12.1 Å². The second kappa shape index (κ2) is 4.25. The summed E-state index contributed by atoms with van der Waals surface area (Å²) in [6, 6.07) is 3.84. The molecule has 78 valence electrons. The van der Waals surface area contributed by atoms with Crippen molar-refractivity contribution in [2.45, 2.75) is 11.8 Å². The van der Waals surface area contributed by atoms with Crippen LogP contribution < -0.4 is 4.72 Å². The monoisotopic (exact) mass is 237 g/mol. The van der Waals surface area contributed by atoms with Gasteiger partial charge in [0, 0.05) is 6.54 Å². The fourth-order valence-electron chi connectivity index (χ4n) is 0.959. The molecule has 0 fully saturated rings. The predicted molar refractivity (Wildman–Crippen MR) is 52.3 cm³/mol. The smallest absolute Gasteiger partial charge is 0.211 e. The summed E-state index contributed by atoms with van der Waals surface area (Å²) in [7, 11) is -3.77. The van der Waals surface area contributed by atoms with Gasteiger partial charge in [-0.15, -0.1) is 0 Å². The van der Waals surface area contributed by atoms with Crippen molar-refractivity contribution in [1.82, 2.24) is 4.72 Å². The normalized spacial score (nSPS) is 11.6. The Morgan fingerprint density at radius 2 is 2.14 bits per heavy atom. The van der Waals surface area contributed by atoms with Crippen LogP contribution in [0, 0.1) is 5.82 Å². The van der Waals surface area contributed by atoms with Crippen molar-refractivity contribution in [1.29, 1.82) is 0 Å². The lowest BCUT2D eigenvalue weighted by molar-refractivity contribution is 0.559. The number of benzene rings is 1. The molecule has 0 spiro atoms. The Morgan fingerprint density at radius 3 is 2.71 bits per heavy atom. The maximum absolute atomic E-state index is 13.3. The highest BCUT2D eigenvalue weighted by Gasteiger charge is 2.19. The lowest BCUT2D eigenvalue weighted by atomic mass is 10.3. The SMILES string of the molecule is CCNS(=O)(=O)c1cccc(Cl)c1F. The van der Waals surface area contributed by atoms with E-state index in [2.05, 4.69) is 4.72 Å². The zero-order valence-corrected chi connectivity index (χ0v) is 8.99. The van der Waals surface area contributed by atoms with Crippen LogP contribution in [0.25, 0.3) is 0 Å². The van der Waals surface area contributed by atoms with E-state index in [0.717, 1.165) is 0 Å². The van der Waals surface area contributed by atoms with Crippen LogP contribution >= 0.6 is 11.6 Å². The Kier molecular flexibility index (Phi) is 3.47. The summed E-state index contributed by atoms with van der Waals surface area (Å²) in [4.78, 5) is -0.424. The van der Waals surface area contributed by atoms with Crippen molar-refractivity contribution in [2.24, 2.45) is 0 Å². The number of hydrogen-bond donors (Lipinski definition) is 1. The lowest BCUT2D eigenvalue weighted by Gasteiger charge is -2.05. The van der Waals surface area contributed by atoms with E-state index in [9.17, 15) is 12.8 Å². The third kappa shape index (κ3) is 2.23. The molecule has 0 aliphatic rings. The lowest BCUT2D eigenvalue weighted by Crippen LogP contribution is -2.24. The van der Waals surface area contributed by atoms with Gasteiger partial charge in [0.2, 0.25) is 10.0 Å². The highest BCUT2D eigenvalue weighted by Crippen LogP contribution is 2.21. The molecule has 0 saturated carbocycles. The first kappa shape index (κ1) is 11.4. The minimum absolute atomic E-state index is 0.203. The van der Waals surface area contributed by atoms with E-state index in [-0.39, 0.29) is 11.6 Å². The summed E-state index contributed by atoms with van der Waals surface area (Å²) in [5.74, 6) is -0.921. The van der Waals surface area contributed by atoms with Crippen molar-refractivity contribution in [2.75, 3.05) is 6.54 Å². The van der Waals surface area contributed by atoms with Crippen molar-refractivity contribution in [3.63, 3.8) is 0 Å². The number of rotatable bonds is 3. The van der Waals surface area contributed by atoms with Crippen molar-refractivity contribution >= 4 is 21.6 Å². The zero-order valence-electron chi connectivity index (χ0n) is 7.42. The minimum Gasteiger partial charge on any atom is -0.211 e. The Hall–Kier alpha value is -0.650. The second-order valence-electron chi connectivity index (χ2n) is 2.55. The Labute approximate surface area is 86.9 Å². The zero-order chi connectivity index (χ0) is 10.8. The number of sulfonamides is 1. The average molecular weight is 238 g/mol. The molecule has 0 atom stereocenters. The molecule has 1 aromatic rings. The van der Waals surface area contributed by atoms with Gasteiger partial charge in [0.25, 0.3) is 0 Å². The van der Waals surface area contributed by atoms with E-state index in [1.165, 1.54) is 18.2 Å². The quantitative estimate of drug-likeness (QED) is 0.871. The summed E-state index contributed by atoms with van der Waals surface area (Å²) in [6.45, 7) is 1.81. The topological polar surface area (TPSA) is 46.2 Å². The molecule has 0 aliphatic carbocycles. The van der Waals surface area contributed by atoms with Gasteiger partial charge in [-0.25, -0.2) is 17.5 Å². The summed E-state index contributed by atoms with van der Waals surface area (Å²) in [5, 5.41) is -0.205. The Balaban J connectivity index is 3.27. The van der Waals surface area contributed by atoms with Crippen LogP contribution in [0.4, 0.5) is 4.39 Å². The van der Waals surface area contributed by atoms with Crippen LogP contribution in [-0.2, 0) is 10.0 Å². The molecule has 0 bridgehead atoms. The van der Waals surface area contributed by atoms with E-state index < -0.39 is 20.7 Å². The molecular formula is C8H9ClFNO2S.